The molecule has 0 aliphatic carbocycles. The van der Waals surface area contributed by atoms with Crippen LogP contribution in [0.3, 0.4) is 0 Å². The van der Waals surface area contributed by atoms with Crippen molar-refractivity contribution in [2.24, 2.45) is 5.92 Å². The molecule has 0 heterocycles. The van der Waals surface area contributed by atoms with Gasteiger partial charge < -0.3 is 10.4 Å². The summed E-state index contributed by atoms with van der Waals surface area (Å²) in [7, 11) is -2.63. The van der Waals surface area contributed by atoms with Crippen molar-refractivity contribution in [2.45, 2.75) is 25.1 Å². The first-order valence-electron chi connectivity index (χ1n) is 12.2. The Labute approximate surface area is 209 Å². The molecule has 0 aromatic heterocycles. The maximum Gasteiger partial charge on any atom is 0.251 e. The van der Waals surface area contributed by atoms with E-state index in [1.54, 1.807) is 0 Å². The molecule has 0 radical (unpaired) electrons. The monoisotopic (exact) mass is 479 g/mol. The van der Waals surface area contributed by atoms with Gasteiger partial charge in [-0.1, -0.05) is 126 Å². The predicted octanol–water partition coefficient (Wildman–Crippen LogP) is 4.46. The van der Waals surface area contributed by atoms with Crippen LogP contribution in [-0.2, 0) is 6.42 Å². The number of carbonyl (C=O) groups is 1. The van der Waals surface area contributed by atoms with Crippen LogP contribution in [0.4, 0.5) is 0 Å². The zero-order chi connectivity index (χ0) is 24.5. The van der Waals surface area contributed by atoms with Crippen molar-refractivity contribution in [1.29, 1.82) is 0 Å². The van der Waals surface area contributed by atoms with Crippen LogP contribution in [0.25, 0.3) is 0 Å². The van der Waals surface area contributed by atoms with Gasteiger partial charge in [-0.25, -0.2) is 0 Å². The molecule has 178 valence electrons. The molecule has 0 saturated carbocycles. The van der Waals surface area contributed by atoms with Crippen molar-refractivity contribution in [2.75, 3.05) is 6.61 Å². The zero-order valence-corrected chi connectivity index (χ0v) is 21.2. The van der Waals surface area contributed by atoms with Crippen molar-refractivity contribution < 1.29 is 9.90 Å². The van der Waals surface area contributed by atoms with E-state index in [4.69, 9.17) is 0 Å². The summed E-state index contributed by atoms with van der Waals surface area (Å²) in [4.78, 5) is 13.6. The van der Waals surface area contributed by atoms with E-state index in [0.717, 1.165) is 6.04 Å². The van der Waals surface area contributed by atoms with Crippen LogP contribution in [0.1, 0.15) is 22.8 Å². The van der Waals surface area contributed by atoms with Gasteiger partial charge in [-0.2, -0.15) is 0 Å². The van der Waals surface area contributed by atoms with E-state index < -0.39 is 8.07 Å². The van der Waals surface area contributed by atoms with Crippen molar-refractivity contribution in [3.8, 4) is 0 Å². The van der Waals surface area contributed by atoms with E-state index in [9.17, 15) is 9.90 Å². The molecular formula is C31H33NO2Si. The van der Waals surface area contributed by atoms with Crippen LogP contribution < -0.4 is 15.7 Å². The van der Waals surface area contributed by atoms with Gasteiger partial charge >= 0.3 is 0 Å². The lowest BCUT2D eigenvalue weighted by Gasteiger charge is -2.42. The topological polar surface area (TPSA) is 49.3 Å². The smallest absolute Gasteiger partial charge is 0.251 e. The number of nitrogens with one attached hydrogen (secondary N) is 1. The van der Waals surface area contributed by atoms with Crippen LogP contribution in [0.5, 0.6) is 0 Å². The SMILES string of the molecule is C[C@H](CO)C[Si](c1ccccc1)(c1ccccc1)[C@@H](Cc1ccccc1)NC(=O)c1ccccc1. The summed E-state index contributed by atoms with van der Waals surface area (Å²) in [6, 6.07) is 41.9. The molecule has 0 aliphatic rings. The molecule has 0 bridgehead atoms. The third-order valence-electron chi connectivity index (χ3n) is 6.78. The molecule has 4 rings (SSSR count). The van der Waals surface area contributed by atoms with E-state index in [0.29, 0.717) is 12.0 Å². The normalized spacial score (nSPS) is 13.1. The van der Waals surface area contributed by atoms with Gasteiger partial charge in [0.15, 0.2) is 0 Å². The fraction of sp³-hybridized carbons (Fsp3) is 0.194. The molecule has 4 aromatic carbocycles. The van der Waals surface area contributed by atoms with Gasteiger partial charge in [0.25, 0.3) is 5.91 Å². The molecule has 0 fully saturated rings. The van der Waals surface area contributed by atoms with Crippen molar-refractivity contribution in [3.63, 3.8) is 0 Å². The minimum absolute atomic E-state index is 0.0630. The van der Waals surface area contributed by atoms with Crippen LogP contribution >= 0.6 is 0 Å². The van der Waals surface area contributed by atoms with Gasteiger partial charge in [-0.15, -0.1) is 0 Å². The Hall–Kier alpha value is -3.47. The average Bonchev–Trinajstić information content (AvgIpc) is 2.93. The molecule has 0 spiro atoms. The Morgan fingerprint density at radius 2 is 1.20 bits per heavy atom. The fourth-order valence-corrected chi connectivity index (χ4v) is 10.7. The first kappa shape index (κ1) is 24.6. The lowest BCUT2D eigenvalue weighted by Crippen LogP contribution is -2.72. The summed E-state index contributed by atoms with van der Waals surface area (Å²) in [6.45, 7) is 2.21. The van der Waals surface area contributed by atoms with E-state index in [1.807, 2.05) is 48.5 Å². The predicted molar refractivity (Wildman–Crippen MR) is 147 cm³/mol. The molecular weight excluding hydrogens is 446 g/mol. The molecule has 4 heteroatoms. The Morgan fingerprint density at radius 1 is 0.743 bits per heavy atom. The van der Waals surface area contributed by atoms with E-state index in [-0.39, 0.29) is 24.1 Å². The first-order valence-corrected chi connectivity index (χ1v) is 14.5. The second-order valence-electron chi connectivity index (χ2n) is 9.28. The molecule has 2 atom stereocenters. The lowest BCUT2D eigenvalue weighted by atomic mass is 10.1. The zero-order valence-electron chi connectivity index (χ0n) is 20.2. The average molecular weight is 480 g/mol. The van der Waals surface area contributed by atoms with E-state index >= 15 is 0 Å². The summed E-state index contributed by atoms with van der Waals surface area (Å²) in [5.74, 6) is 0.0286. The van der Waals surface area contributed by atoms with Crippen LogP contribution in [0.15, 0.2) is 121 Å². The maximum absolute atomic E-state index is 13.6. The highest BCUT2D eigenvalue weighted by Crippen LogP contribution is 2.25. The van der Waals surface area contributed by atoms with E-state index in [1.165, 1.54) is 15.9 Å². The fourth-order valence-electron chi connectivity index (χ4n) is 5.06. The van der Waals surface area contributed by atoms with Gasteiger partial charge in [0, 0.05) is 17.8 Å². The standard InChI is InChI=1S/C31H33NO2Si/c1-25(23-33)24-35(28-18-10-4-11-19-28,29-20-12-5-13-21-29)30(22-26-14-6-2-7-15-26)32-31(34)27-16-8-3-9-17-27/h2-21,25,30,33H,22-24H2,1H3,(H,32,34)/t25-,30+/m1/s1. The second kappa shape index (κ2) is 11.8. The molecule has 3 nitrogen and oxygen atoms in total. The van der Waals surface area contributed by atoms with Crippen molar-refractivity contribution in [3.05, 3.63) is 132 Å². The van der Waals surface area contributed by atoms with Gasteiger partial charge in [0.1, 0.15) is 8.07 Å². The lowest BCUT2D eigenvalue weighted by molar-refractivity contribution is 0.0947. The summed E-state index contributed by atoms with van der Waals surface area (Å²) < 4.78 is 0. The molecule has 1 amide bonds. The van der Waals surface area contributed by atoms with Gasteiger partial charge in [-0.3, -0.25) is 4.79 Å². The maximum atomic E-state index is 13.6. The minimum atomic E-state index is -2.63. The highest BCUT2D eigenvalue weighted by Gasteiger charge is 2.46. The Bertz CT molecular complexity index is 1140. The number of hydrogen-bond acceptors (Lipinski definition) is 2. The Morgan fingerprint density at radius 3 is 1.69 bits per heavy atom. The van der Waals surface area contributed by atoms with Gasteiger partial charge in [0.2, 0.25) is 0 Å². The quantitative estimate of drug-likeness (QED) is 0.330. The molecule has 4 aromatic rings. The third-order valence-corrected chi connectivity index (χ3v) is 12.4. The van der Waals surface area contributed by atoms with Gasteiger partial charge in [-0.05, 0) is 36.1 Å². The highest BCUT2D eigenvalue weighted by molar-refractivity contribution is 7.03. The number of amides is 1. The third kappa shape index (κ3) is 5.79. The molecule has 0 aliphatic heterocycles. The number of benzene rings is 4. The van der Waals surface area contributed by atoms with Crippen LogP contribution in [0, 0.1) is 5.92 Å². The van der Waals surface area contributed by atoms with Crippen LogP contribution in [0.2, 0.25) is 6.04 Å². The number of carbonyl (C=O) groups excluding carboxylic acids is 1. The van der Waals surface area contributed by atoms with E-state index in [2.05, 4.69) is 85.0 Å². The molecule has 0 saturated heterocycles. The van der Waals surface area contributed by atoms with Crippen molar-refractivity contribution >= 4 is 24.4 Å². The number of hydrogen-bond donors (Lipinski definition) is 2. The van der Waals surface area contributed by atoms with Crippen molar-refractivity contribution in [1.82, 2.24) is 5.32 Å². The second-order valence-corrected chi connectivity index (χ2v) is 13.5. The minimum Gasteiger partial charge on any atom is -0.396 e. The highest BCUT2D eigenvalue weighted by atomic mass is 28.3. The molecule has 35 heavy (non-hydrogen) atoms. The number of aliphatic hydroxyl groups excluding tert-OH is 1. The van der Waals surface area contributed by atoms with Crippen LogP contribution in [-0.4, -0.2) is 31.4 Å². The summed E-state index contributed by atoms with van der Waals surface area (Å²) in [5.41, 5.74) is 1.73. The molecule has 2 N–H and O–H groups in total. The Balaban J connectivity index is 1.91. The first-order chi connectivity index (χ1) is 17.1. The Kier molecular flexibility index (Phi) is 8.30. The largest absolute Gasteiger partial charge is 0.396 e. The summed E-state index contributed by atoms with van der Waals surface area (Å²) >= 11 is 0. The van der Waals surface area contributed by atoms with Gasteiger partial charge in [0.05, 0.1) is 0 Å². The summed E-state index contributed by atoms with van der Waals surface area (Å²) in [6.07, 6.45) is 0.716. The number of aliphatic hydroxyl groups is 1. The summed E-state index contributed by atoms with van der Waals surface area (Å²) in [5, 5.41) is 16.2. The molecule has 0 unspecified atom stereocenters. The number of rotatable bonds is 10.